The molecule has 2 aromatic heterocycles. The zero-order valence-electron chi connectivity index (χ0n) is 18.3. The fourth-order valence-corrected chi connectivity index (χ4v) is 5.88. The van der Waals surface area contributed by atoms with E-state index in [4.69, 9.17) is 10.6 Å². The normalized spacial score (nSPS) is 20.0. The SMILES string of the molecule is CON=C(C(=O)N[C@@H]1C(=O)N2C(C(=O)O)=C(C=Cc3scnc3C)CS[C@H]12)c1csc(N)n1.[Na+]. The van der Waals surface area contributed by atoms with Crippen LogP contribution < -0.4 is 40.6 Å². The number of carboxylic acid groups (broad SMARTS) is 1. The molecule has 4 heterocycles. The molecule has 0 unspecified atom stereocenters. The van der Waals surface area contributed by atoms with Crippen LogP contribution in [0, 0.1) is 6.92 Å². The molecular weight excluding hydrogens is 511 g/mol. The monoisotopic (exact) mass is 529 g/mol. The van der Waals surface area contributed by atoms with Gasteiger partial charge in [0.05, 0.1) is 11.2 Å². The maximum Gasteiger partial charge on any atom is 1.00 e. The van der Waals surface area contributed by atoms with Crippen molar-refractivity contribution in [1.82, 2.24) is 20.2 Å². The number of aromatic nitrogens is 2. The number of nitrogens with zero attached hydrogens (tertiary/aromatic N) is 4. The number of aryl methyl sites for hydroxylation is 1. The van der Waals surface area contributed by atoms with Crippen molar-refractivity contribution in [3.8, 4) is 0 Å². The molecule has 34 heavy (non-hydrogen) atoms. The Hall–Kier alpha value is -2.23. The Morgan fingerprint density at radius 3 is 2.74 bits per heavy atom. The number of fused-ring (bicyclic) bond motifs is 1. The largest absolute Gasteiger partial charge is 1.00 e. The van der Waals surface area contributed by atoms with E-state index in [9.17, 15) is 19.5 Å². The summed E-state index contributed by atoms with van der Waals surface area (Å²) in [6, 6.07) is -0.913. The molecule has 1 saturated heterocycles. The minimum Gasteiger partial charge on any atom is -0.477 e. The van der Waals surface area contributed by atoms with Gasteiger partial charge in [0.2, 0.25) is 0 Å². The summed E-state index contributed by atoms with van der Waals surface area (Å²) in [7, 11) is 1.28. The summed E-state index contributed by atoms with van der Waals surface area (Å²) in [6.07, 6.45) is 3.49. The first-order valence-corrected chi connectivity index (χ1v) is 12.2. The van der Waals surface area contributed by atoms with Crippen LogP contribution in [0.25, 0.3) is 6.08 Å². The number of carboxylic acids is 1. The Bertz CT molecular complexity index is 1220. The third-order valence-electron chi connectivity index (χ3n) is 4.87. The summed E-state index contributed by atoms with van der Waals surface area (Å²) < 4.78 is 0. The Labute approximate surface area is 228 Å². The summed E-state index contributed by atoms with van der Waals surface area (Å²) in [4.78, 5) is 52.7. The van der Waals surface area contributed by atoms with Crippen LogP contribution in [0.2, 0.25) is 0 Å². The second kappa shape index (κ2) is 11.0. The number of thioether (sulfide) groups is 1. The number of β-lactam (4-membered cyclic amide) rings is 1. The smallest absolute Gasteiger partial charge is 0.477 e. The van der Waals surface area contributed by atoms with Crippen molar-refractivity contribution in [2.75, 3.05) is 18.6 Å². The number of hydrogen-bond donors (Lipinski definition) is 3. The topological polar surface area (TPSA) is 160 Å². The zero-order valence-corrected chi connectivity index (χ0v) is 22.8. The standard InChI is InChI=1S/C19H18N6O5S3.Na/c1-8-11(33-7-21-8)4-3-9-5-31-17-13(16(27)25(17)14(9)18(28)29)23-15(26)12(24-30-2)10-6-32-19(20)22-10;/h3-4,6-7,13,17H,5H2,1-2H3,(H2,20,22)(H,23,26)(H,28,29);/q;+1/t13-,17-;/m1./s1. The summed E-state index contributed by atoms with van der Waals surface area (Å²) in [5.74, 6) is -2.04. The molecule has 0 aromatic carbocycles. The predicted octanol–water partition coefficient (Wildman–Crippen LogP) is -1.70. The average molecular weight is 530 g/mol. The molecule has 2 aromatic rings. The van der Waals surface area contributed by atoms with Crippen molar-refractivity contribution in [3.05, 3.63) is 44.5 Å². The van der Waals surface area contributed by atoms with Gasteiger partial charge < -0.3 is 21.0 Å². The van der Waals surface area contributed by atoms with Crippen molar-refractivity contribution in [1.29, 1.82) is 0 Å². The second-order valence-corrected chi connectivity index (χ2v) is 9.75. The minimum atomic E-state index is -1.21. The van der Waals surface area contributed by atoms with Gasteiger partial charge in [-0.2, -0.15) is 0 Å². The first-order valence-electron chi connectivity index (χ1n) is 9.44. The molecule has 0 radical (unpaired) electrons. The van der Waals surface area contributed by atoms with E-state index in [-0.39, 0.29) is 51.8 Å². The van der Waals surface area contributed by atoms with Gasteiger partial charge in [0.25, 0.3) is 11.8 Å². The molecular formula is C19H18N6NaO5S3+. The van der Waals surface area contributed by atoms with Crippen molar-refractivity contribution in [2.24, 2.45) is 5.16 Å². The van der Waals surface area contributed by atoms with Crippen LogP contribution in [-0.4, -0.2) is 67.7 Å². The van der Waals surface area contributed by atoms with Crippen LogP contribution in [0.15, 0.2) is 33.4 Å². The molecule has 4 rings (SSSR count). The maximum atomic E-state index is 12.9. The summed E-state index contributed by atoms with van der Waals surface area (Å²) in [5, 5.41) is 17.4. The van der Waals surface area contributed by atoms with Crippen molar-refractivity contribution >= 4 is 69.1 Å². The number of anilines is 1. The number of thiazole rings is 2. The number of allylic oxidation sites excluding steroid dienone is 1. The number of carbonyl (C=O) groups is 3. The third kappa shape index (κ3) is 5.06. The Morgan fingerprint density at radius 2 is 2.15 bits per heavy atom. The zero-order chi connectivity index (χ0) is 23.7. The van der Waals surface area contributed by atoms with Gasteiger partial charge in [-0.1, -0.05) is 11.2 Å². The molecule has 0 bridgehead atoms. The molecule has 11 nitrogen and oxygen atoms in total. The molecule has 15 heteroatoms. The van der Waals surface area contributed by atoms with Gasteiger partial charge in [-0.25, -0.2) is 14.8 Å². The molecule has 0 spiro atoms. The Balaban J connectivity index is 0.00000324. The summed E-state index contributed by atoms with van der Waals surface area (Å²) >= 11 is 3.94. The van der Waals surface area contributed by atoms with E-state index >= 15 is 0 Å². The molecule has 2 atom stereocenters. The number of aliphatic carboxylic acids is 1. The average Bonchev–Trinajstić information content (AvgIpc) is 3.40. The van der Waals surface area contributed by atoms with Crippen LogP contribution in [0.3, 0.4) is 0 Å². The van der Waals surface area contributed by atoms with Gasteiger partial charge in [-0.3, -0.25) is 14.5 Å². The number of nitrogens with two attached hydrogens (primary N) is 1. The number of nitrogens with one attached hydrogen (secondary N) is 1. The van der Waals surface area contributed by atoms with Crippen LogP contribution in [0.1, 0.15) is 16.3 Å². The molecule has 2 aliphatic heterocycles. The van der Waals surface area contributed by atoms with E-state index < -0.39 is 29.2 Å². The Kier molecular flexibility index (Phi) is 8.54. The summed E-state index contributed by atoms with van der Waals surface area (Å²) in [6.45, 7) is 1.86. The molecule has 0 aliphatic carbocycles. The fraction of sp³-hybridized carbons (Fsp3) is 0.263. The number of hydrogen-bond acceptors (Lipinski definition) is 11. The molecule has 0 saturated carbocycles. The maximum absolute atomic E-state index is 12.9. The van der Waals surface area contributed by atoms with E-state index in [1.807, 2.05) is 6.92 Å². The number of nitrogen functional groups attached to an aromatic ring is 1. The number of carbonyl (C=O) groups excluding carboxylic acids is 2. The Morgan fingerprint density at radius 1 is 1.38 bits per heavy atom. The molecule has 2 amide bonds. The van der Waals surface area contributed by atoms with E-state index in [2.05, 4.69) is 20.4 Å². The van der Waals surface area contributed by atoms with Crippen LogP contribution in [-0.2, 0) is 19.2 Å². The molecule has 4 N–H and O–H groups in total. The van der Waals surface area contributed by atoms with Crippen LogP contribution in [0.5, 0.6) is 0 Å². The van der Waals surface area contributed by atoms with E-state index in [1.54, 1.807) is 23.0 Å². The molecule has 1 fully saturated rings. The molecule has 2 aliphatic rings. The van der Waals surface area contributed by atoms with Gasteiger partial charge >= 0.3 is 35.5 Å². The second-order valence-electron chi connectivity index (χ2n) is 6.87. The van der Waals surface area contributed by atoms with Crippen LogP contribution in [0.4, 0.5) is 5.13 Å². The van der Waals surface area contributed by atoms with Gasteiger partial charge in [0.1, 0.15) is 29.9 Å². The van der Waals surface area contributed by atoms with Gasteiger partial charge in [0, 0.05) is 16.0 Å². The first-order chi connectivity index (χ1) is 15.8. The number of rotatable bonds is 7. The number of oxime groups is 1. The van der Waals surface area contributed by atoms with Crippen molar-refractivity contribution in [3.63, 3.8) is 0 Å². The minimum absolute atomic E-state index is 0. The third-order valence-corrected chi connectivity index (χ3v) is 7.74. The van der Waals surface area contributed by atoms with Gasteiger partial charge in [-0.05, 0) is 18.6 Å². The molecule has 172 valence electrons. The summed E-state index contributed by atoms with van der Waals surface area (Å²) in [5.41, 5.74) is 8.68. The van der Waals surface area contributed by atoms with E-state index in [1.165, 1.54) is 35.1 Å². The number of amides is 2. The quantitative estimate of drug-likeness (QED) is 0.164. The van der Waals surface area contributed by atoms with Gasteiger partial charge in [-0.15, -0.1) is 34.4 Å². The van der Waals surface area contributed by atoms with Crippen molar-refractivity contribution < 1.29 is 53.9 Å². The van der Waals surface area contributed by atoms with Crippen LogP contribution >= 0.6 is 34.4 Å². The van der Waals surface area contributed by atoms with E-state index in [0.717, 1.165) is 21.9 Å². The van der Waals surface area contributed by atoms with Crippen molar-refractivity contribution in [2.45, 2.75) is 18.3 Å². The first kappa shape index (κ1) is 26.4. The van der Waals surface area contributed by atoms with E-state index in [0.29, 0.717) is 11.3 Å². The van der Waals surface area contributed by atoms with Gasteiger partial charge in [0.15, 0.2) is 10.8 Å². The predicted molar refractivity (Wildman–Crippen MR) is 126 cm³/mol. The fourth-order valence-electron chi connectivity index (χ4n) is 3.32.